The van der Waals surface area contributed by atoms with E-state index in [1.54, 1.807) is 0 Å². The Bertz CT molecular complexity index is 362. The molecular formula is C8H6ClF2N3. The van der Waals surface area contributed by atoms with E-state index in [-0.39, 0.29) is 16.5 Å². The lowest BCUT2D eigenvalue weighted by molar-refractivity contribution is 0.163. The molecule has 0 saturated heterocycles. The van der Waals surface area contributed by atoms with Crippen LogP contribution in [0.25, 0.3) is 0 Å². The molecule has 1 rings (SSSR count). The van der Waals surface area contributed by atoms with Gasteiger partial charge < -0.3 is 5.32 Å². The van der Waals surface area contributed by atoms with Crippen LogP contribution < -0.4 is 5.32 Å². The van der Waals surface area contributed by atoms with Crippen LogP contribution in [0, 0.1) is 11.3 Å². The highest BCUT2D eigenvalue weighted by molar-refractivity contribution is 6.29. The molecule has 0 spiro atoms. The minimum Gasteiger partial charge on any atom is -0.364 e. The summed E-state index contributed by atoms with van der Waals surface area (Å²) in [5.41, 5.74) is 0.279. The molecule has 0 aliphatic heterocycles. The molecule has 0 aliphatic carbocycles. The Labute approximate surface area is 84.3 Å². The van der Waals surface area contributed by atoms with Crippen molar-refractivity contribution in [2.75, 3.05) is 11.9 Å². The van der Waals surface area contributed by atoms with Crippen molar-refractivity contribution in [2.24, 2.45) is 0 Å². The summed E-state index contributed by atoms with van der Waals surface area (Å²) in [7, 11) is 0. The number of nitrogens with zero attached hydrogens (tertiary/aromatic N) is 2. The summed E-state index contributed by atoms with van der Waals surface area (Å²) in [6.45, 7) is -0.516. The zero-order valence-electron chi connectivity index (χ0n) is 6.97. The Kier molecular flexibility index (Phi) is 3.60. The van der Waals surface area contributed by atoms with Crippen molar-refractivity contribution < 1.29 is 8.78 Å². The third-order valence-electron chi connectivity index (χ3n) is 1.36. The zero-order valence-corrected chi connectivity index (χ0v) is 7.72. The summed E-state index contributed by atoms with van der Waals surface area (Å²) in [5, 5.41) is 11.0. The second kappa shape index (κ2) is 4.72. The predicted octanol–water partition coefficient (Wildman–Crippen LogP) is 2.28. The van der Waals surface area contributed by atoms with E-state index in [9.17, 15) is 8.78 Å². The maximum Gasteiger partial charge on any atom is 0.255 e. The SMILES string of the molecule is N#Cc1cc(Cl)nc(NCC(F)F)c1. The Hall–Kier alpha value is -1.41. The molecule has 0 aliphatic rings. The molecule has 1 aromatic heterocycles. The van der Waals surface area contributed by atoms with Crippen LogP contribution in [0.2, 0.25) is 5.15 Å². The normalized spacial score (nSPS) is 9.93. The quantitative estimate of drug-likeness (QED) is 0.791. The Morgan fingerprint density at radius 3 is 2.86 bits per heavy atom. The second-order valence-electron chi connectivity index (χ2n) is 2.45. The molecule has 6 heteroatoms. The van der Waals surface area contributed by atoms with Crippen LogP contribution in [0.5, 0.6) is 0 Å². The average Bonchev–Trinajstić information content (AvgIpc) is 2.14. The highest BCUT2D eigenvalue weighted by atomic mass is 35.5. The van der Waals surface area contributed by atoms with Gasteiger partial charge in [0, 0.05) is 0 Å². The summed E-state index contributed by atoms with van der Waals surface area (Å²) in [4.78, 5) is 3.72. The summed E-state index contributed by atoms with van der Waals surface area (Å²) in [6, 6.07) is 4.56. The number of hydrogen-bond donors (Lipinski definition) is 1. The number of nitrogens with one attached hydrogen (secondary N) is 1. The largest absolute Gasteiger partial charge is 0.364 e. The fourth-order valence-electron chi connectivity index (χ4n) is 0.834. The molecule has 3 nitrogen and oxygen atoms in total. The minimum atomic E-state index is -2.47. The van der Waals surface area contributed by atoms with Crippen molar-refractivity contribution in [1.82, 2.24) is 4.98 Å². The number of alkyl halides is 2. The van der Waals surface area contributed by atoms with Gasteiger partial charge in [-0.2, -0.15) is 5.26 Å². The number of aromatic nitrogens is 1. The molecule has 0 saturated carbocycles. The standard InChI is InChI=1S/C8H6ClF2N3/c9-6-1-5(3-12)2-8(14-6)13-4-7(10)11/h1-2,7H,4H2,(H,13,14). The van der Waals surface area contributed by atoms with Crippen molar-refractivity contribution in [1.29, 1.82) is 5.26 Å². The third kappa shape index (κ3) is 3.15. The van der Waals surface area contributed by atoms with E-state index in [4.69, 9.17) is 16.9 Å². The van der Waals surface area contributed by atoms with Crippen LogP contribution in [0.1, 0.15) is 5.56 Å². The Balaban J connectivity index is 2.78. The molecule has 1 heterocycles. The van der Waals surface area contributed by atoms with Gasteiger partial charge in [0.15, 0.2) is 0 Å². The number of pyridine rings is 1. The van der Waals surface area contributed by atoms with Crippen molar-refractivity contribution in [2.45, 2.75) is 6.43 Å². The first-order valence-corrected chi connectivity index (χ1v) is 4.09. The van der Waals surface area contributed by atoms with Gasteiger partial charge >= 0.3 is 0 Å². The zero-order chi connectivity index (χ0) is 10.6. The van der Waals surface area contributed by atoms with Gasteiger partial charge in [0.25, 0.3) is 6.43 Å². The van der Waals surface area contributed by atoms with Crippen LogP contribution in [-0.4, -0.2) is 18.0 Å². The lowest BCUT2D eigenvalue weighted by Gasteiger charge is -2.04. The number of rotatable bonds is 3. The van der Waals surface area contributed by atoms with Gasteiger partial charge in [-0.15, -0.1) is 0 Å². The number of halogens is 3. The fourth-order valence-corrected chi connectivity index (χ4v) is 1.04. The topological polar surface area (TPSA) is 48.7 Å². The van der Waals surface area contributed by atoms with E-state index in [0.29, 0.717) is 0 Å². The van der Waals surface area contributed by atoms with Gasteiger partial charge in [0.2, 0.25) is 0 Å². The summed E-state index contributed by atoms with van der Waals surface area (Å²) in [5.74, 6) is 0.175. The smallest absolute Gasteiger partial charge is 0.255 e. The number of anilines is 1. The van der Waals surface area contributed by atoms with Crippen molar-refractivity contribution in [3.8, 4) is 6.07 Å². The molecule has 74 valence electrons. The maximum atomic E-state index is 11.8. The molecule has 1 aromatic rings. The summed E-state index contributed by atoms with van der Waals surface area (Å²) < 4.78 is 23.6. The molecule has 0 fully saturated rings. The van der Waals surface area contributed by atoms with Gasteiger partial charge in [-0.3, -0.25) is 0 Å². The van der Waals surface area contributed by atoms with E-state index < -0.39 is 13.0 Å². The molecule has 0 atom stereocenters. The summed E-state index contributed by atoms with van der Waals surface area (Å²) >= 11 is 5.55. The predicted molar refractivity (Wildman–Crippen MR) is 48.5 cm³/mol. The average molecular weight is 218 g/mol. The lowest BCUT2D eigenvalue weighted by atomic mass is 10.3. The van der Waals surface area contributed by atoms with E-state index in [0.717, 1.165) is 0 Å². The minimum absolute atomic E-state index is 0.0980. The summed E-state index contributed by atoms with van der Waals surface area (Å²) in [6.07, 6.45) is -2.47. The maximum absolute atomic E-state index is 11.8. The Morgan fingerprint density at radius 1 is 1.57 bits per heavy atom. The molecule has 0 bridgehead atoms. The molecule has 0 unspecified atom stereocenters. The second-order valence-corrected chi connectivity index (χ2v) is 2.83. The van der Waals surface area contributed by atoms with Crippen molar-refractivity contribution >= 4 is 17.4 Å². The van der Waals surface area contributed by atoms with Gasteiger partial charge in [-0.05, 0) is 12.1 Å². The fraction of sp³-hybridized carbons (Fsp3) is 0.250. The number of nitriles is 1. The van der Waals surface area contributed by atoms with Gasteiger partial charge in [0.1, 0.15) is 11.0 Å². The van der Waals surface area contributed by atoms with Gasteiger partial charge in [-0.25, -0.2) is 13.8 Å². The molecule has 14 heavy (non-hydrogen) atoms. The highest BCUT2D eigenvalue weighted by Crippen LogP contribution is 2.13. The van der Waals surface area contributed by atoms with E-state index in [1.807, 2.05) is 6.07 Å². The van der Waals surface area contributed by atoms with Crippen LogP contribution in [0.3, 0.4) is 0 Å². The van der Waals surface area contributed by atoms with Crippen LogP contribution in [0.15, 0.2) is 12.1 Å². The first-order valence-electron chi connectivity index (χ1n) is 3.71. The van der Waals surface area contributed by atoms with E-state index >= 15 is 0 Å². The van der Waals surface area contributed by atoms with Crippen molar-refractivity contribution in [3.05, 3.63) is 22.8 Å². The number of hydrogen-bond acceptors (Lipinski definition) is 3. The van der Waals surface area contributed by atoms with Crippen LogP contribution in [0.4, 0.5) is 14.6 Å². The van der Waals surface area contributed by atoms with E-state index in [1.165, 1.54) is 12.1 Å². The Morgan fingerprint density at radius 2 is 2.29 bits per heavy atom. The highest BCUT2D eigenvalue weighted by Gasteiger charge is 2.04. The van der Waals surface area contributed by atoms with Crippen LogP contribution >= 0.6 is 11.6 Å². The third-order valence-corrected chi connectivity index (χ3v) is 1.55. The molecular weight excluding hydrogens is 212 g/mol. The molecule has 0 aromatic carbocycles. The lowest BCUT2D eigenvalue weighted by Crippen LogP contribution is -2.11. The van der Waals surface area contributed by atoms with Crippen LogP contribution in [-0.2, 0) is 0 Å². The first kappa shape index (κ1) is 10.7. The van der Waals surface area contributed by atoms with Gasteiger partial charge in [-0.1, -0.05) is 11.6 Å². The molecule has 1 N–H and O–H groups in total. The first-order chi connectivity index (χ1) is 6.61. The molecule has 0 amide bonds. The molecule has 0 radical (unpaired) electrons. The van der Waals surface area contributed by atoms with E-state index in [2.05, 4.69) is 10.3 Å². The van der Waals surface area contributed by atoms with Crippen molar-refractivity contribution in [3.63, 3.8) is 0 Å². The monoisotopic (exact) mass is 217 g/mol. The van der Waals surface area contributed by atoms with Gasteiger partial charge in [0.05, 0.1) is 18.2 Å².